The van der Waals surface area contributed by atoms with E-state index in [0.29, 0.717) is 0 Å². The molecular weight excluding hydrogens is 212 g/mol. The Morgan fingerprint density at radius 1 is 1.00 bits per heavy atom. The first-order valence-electron chi connectivity index (χ1n) is 6.12. The Morgan fingerprint density at radius 3 is 2.19 bits per heavy atom. The van der Waals surface area contributed by atoms with Crippen molar-refractivity contribution in [3.8, 4) is 0 Å². The molecule has 0 N–H and O–H groups in total. The monoisotopic (exact) mass is 238 g/mol. The quantitative estimate of drug-likeness (QED) is 0.428. The highest BCUT2D eigenvalue weighted by Gasteiger charge is 1.93. The summed E-state index contributed by atoms with van der Waals surface area (Å²) in [4.78, 5) is 0. The maximum absolute atomic E-state index is 4.19. The predicted octanol–water partition coefficient (Wildman–Crippen LogP) is 5.34. The van der Waals surface area contributed by atoms with Crippen molar-refractivity contribution >= 4 is 12.6 Å². The molecule has 0 spiro atoms. The lowest BCUT2D eigenvalue weighted by Crippen LogP contribution is -1.82. The van der Waals surface area contributed by atoms with Crippen molar-refractivity contribution in [2.24, 2.45) is 0 Å². The van der Waals surface area contributed by atoms with Gasteiger partial charge in [-0.3, -0.25) is 0 Å². The Hall–Kier alpha value is -0.430. The summed E-state index contributed by atoms with van der Waals surface area (Å²) in [6, 6.07) is 0. The van der Waals surface area contributed by atoms with Crippen LogP contribution in [-0.2, 0) is 0 Å². The van der Waals surface area contributed by atoms with Gasteiger partial charge in [0, 0.05) is 5.75 Å². The van der Waals surface area contributed by atoms with Crippen molar-refractivity contribution in [3.63, 3.8) is 0 Å². The number of rotatable bonds is 8. The van der Waals surface area contributed by atoms with Gasteiger partial charge in [0.25, 0.3) is 0 Å². The molecule has 0 fully saturated rings. The van der Waals surface area contributed by atoms with Crippen LogP contribution in [-0.4, -0.2) is 5.75 Å². The van der Waals surface area contributed by atoms with E-state index in [1.54, 1.807) is 0 Å². The van der Waals surface area contributed by atoms with Crippen molar-refractivity contribution < 1.29 is 0 Å². The number of hydrogen-bond donors (Lipinski definition) is 1. The van der Waals surface area contributed by atoms with Gasteiger partial charge in [-0.05, 0) is 52.9 Å². The van der Waals surface area contributed by atoms with E-state index >= 15 is 0 Å². The molecule has 0 aromatic carbocycles. The summed E-state index contributed by atoms with van der Waals surface area (Å²) in [5, 5.41) is 0. The van der Waals surface area contributed by atoms with Gasteiger partial charge in [0.2, 0.25) is 0 Å². The van der Waals surface area contributed by atoms with Gasteiger partial charge in [-0.1, -0.05) is 28.9 Å². The highest BCUT2D eigenvalue weighted by molar-refractivity contribution is 7.80. The molecule has 0 nitrogen and oxygen atoms in total. The minimum absolute atomic E-state index is 0.854. The molecule has 0 unspecified atom stereocenters. The van der Waals surface area contributed by atoms with Crippen LogP contribution in [0.15, 0.2) is 35.5 Å². The van der Waals surface area contributed by atoms with Crippen LogP contribution in [0.4, 0.5) is 0 Å². The van der Waals surface area contributed by atoms with Gasteiger partial charge < -0.3 is 0 Å². The fourth-order valence-electron chi connectivity index (χ4n) is 1.58. The van der Waals surface area contributed by atoms with E-state index in [2.05, 4.69) is 52.1 Å². The zero-order valence-electron chi connectivity index (χ0n) is 11.1. The first kappa shape index (κ1) is 15.6. The minimum Gasteiger partial charge on any atom is -0.175 e. The molecule has 0 aliphatic carbocycles. The second-order valence-electron chi connectivity index (χ2n) is 4.63. The fourth-order valence-corrected chi connectivity index (χ4v) is 1.89. The Bertz CT molecular complexity index is 259. The van der Waals surface area contributed by atoms with Crippen LogP contribution in [0.3, 0.4) is 0 Å². The Labute approximate surface area is 107 Å². The maximum atomic E-state index is 4.19. The van der Waals surface area contributed by atoms with Crippen molar-refractivity contribution in [1.29, 1.82) is 0 Å². The summed E-state index contributed by atoms with van der Waals surface area (Å²) >= 11 is 4.19. The fraction of sp³-hybridized carbons (Fsp3) is 0.600. The SMILES string of the molecule is C=C(C)CCC/C(C)=C/CC/C(C)=C/CS. The van der Waals surface area contributed by atoms with Gasteiger partial charge in [-0.15, -0.1) is 6.58 Å². The van der Waals surface area contributed by atoms with Crippen LogP contribution in [0.2, 0.25) is 0 Å². The van der Waals surface area contributed by atoms with Gasteiger partial charge in [-0.25, -0.2) is 0 Å². The van der Waals surface area contributed by atoms with Crippen LogP contribution >= 0.6 is 12.6 Å². The molecule has 0 saturated carbocycles. The molecule has 0 radical (unpaired) electrons. The Balaban J connectivity index is 3.70. The van der Waals surface area contributed by atoms with Crippen LogP contribution in [0, 0.1) is 0 Å². The molecule has 0 aromatic rings. The largest absolute Gasteiger partial charge is 0.175 e. The van der Waals surface area contributed by atoms with Crippen molar-refractivity contribution in [2.45, 2.75) is 52.9 Å². The summed E-state index contributed by atoms with van der Waals surface area (Å²) < 4.78 is 0. The average molecular weight is 238 g/mol. The van der Waals surface area contributed by atoms with Gasteiger partial charge in [0.05, 0.1) is 0 Å². The first-order chi connectivity index (χ1) is 7.56. The van der Waals surface area contributed by atoms with Gasteiger partial charge in [0.1, 0.15) is 0 Å². The first-order valence-corrected chi connectivity index (χ1v) is 6.76. The number of allylic oxidation sites excluding steroid dienone is 4. The summed E-state index contributed by atoms with van der Waals surface area (Å²) in [7, 11) is 0. The van der Waals surface area contributed by atoms with Gasteiger partial charge in [0.15, 0.2) is 0 Å². The molecule has 0 aliphatic heterocycles. The average Bonchev–Trinajstić information content (AvgIpc) is 2.17. The molecular formula is C15H26S. The number of hydrogen-bond acceptors (Lipinski definition) is 1. The maximum Gasteiger partial charge on any atom is 0.00850 e. The third-order valence-corrected chi connectivity index (χ3v) is 2.83. The van der Waals surface area contributed by atoms with E-state index < -0.39 is 0 Å². The zero-order valence-corrected chi connectivity index (χ0v) is 11.9. The molecule has 0 atom stereocenters. The van der Waals surface area contributed by atoms with E-state index in [-0.39, 0.29) is 0 Å². The highest BCUT2D eigenvalue weighted by Crippen LogP contribution is 2.13. The smallest absolute Gasteiger partial charge is 0.00850 e. The molecule has 1 heteroatoms. The summed E-state index contributed by atoms with van der Waals surface area (Å²) in [5.74, 6) is 0.854. The van der Waals surface area contributed by atoms with E-state index in [1.807, 2.05) is 0 Å². The molecule has 0 aliphatic rings. The second-order valence-corrected chi connectivity index (χ2v) is 5.00. The third kappa shape index (κ3) is 10.1. The van der Waals surface area contributed by atoms with Crippen LogP contribution in [0.1, 0.15) is 52.9 Å². The lowest BCUT2D eigenvalue weighted by atomic mass is 10.0. The van der Waals surface area contributed by atoms with Crippen LogP contribution in [0.5, 0.6) is 0 Å². The second kappa shape index (κ2) is 9.77. The normalized spacial score (nSPS) is 13.0. The van der Waals surface area contributed by atoms with Crippen LogP contribution in [0.25, 0.3) is 0 Å². The Morgan fingerprint density at radius 2 is 1.62 bits per heavy atom. The molecule has 0 rings (SSSR count). The van der Waals surface area contributed by atoms with Crippen LogP contribution < -0.4 is 0 Å². The van der Waals surface area contributed by atoms with E-state index in [0.717, 1.165) is 18.6 Å². The van der Waals surface area contributed by atoms with Crippen molar-refractivity contribution in [3.05, 3.63) is 35.5 Å². The zero-order chi connectivity index (χ0) is 12.4. The molecule has 0 saturated heterocycles. The molecule has 0 heterocycles. The lowest BCUT2D eigenvalue weighted by molar-refractivity contribution is 0.798. The van der Waals surface area contributed by atoms with Crippen molar-refractivity contribution in [2.75, 3.05) is 5.75 Å². The summed E-state index contributed by atoms with van der Waals surface area (Å²) in [6.45, 7) is 10.4. The third-order valence-electron chi connectivity index (χ3n) is 2.65. The molecule has 0 amide bonds. The Kier molecular flexibility index (Phi) is 9.51. The van der Waals surface area contributed by atoms with Gasteiger partial charge in [-0.2, -0.15) is 12.6 Å². The van der Waals surface area contributed by atoms with E-state index in [1.165, 1.54) is 36.0 Å². The van der Waals surface area contributed by atoms with Crippen molar-refractivity contribution in [1.82, 2.24) is 0 Å². The molecule has 0 aromatic heterocycles. The predicted molar refractivity (Wildman–Crippen MR) is 79.3 cm³/mol. The standard InChI is InChI=1S/C15H26S/c1-13(2)7-5-8-14(3)9-6-10-15(4)11-12-16/h9,11,16H,1,5-8,10,12H2,2-4H3/b14-9+,15-11+. The van der Waals surface area contributed by atoms with Gasteiger partial charge >= 0.3 is 0 Å². The highest BCUT2D eigenvalue weighted by atomic mass is 32.1. The molecule has 0 bridgehead atoms. The van der Waals surface area contributed by atoms with E-state index in [4.69, 9.17) is 0 Å². The minimum atomic E-state index is 0.854. The topological polar surface area (TPSA) is 0 Å². The molecule has 16 heavy (non-hydrogen) atoms. The van der Waals surface area contributed by atoms with E-state index in [9.17, 15) is 0 Å². The summed E-state index contributed by atoms with van der Waals surface area (Å²) in [5.41, 5.74) is 4.25. The molecule has 92 valence electrons. The summed E-state index contributed by atoms with van der Waals surface area (Å²) in [6.07, 6.45) is 10.5. The lowest BCUT2D eigenvalue weighted by Gasteiger charge is -2.02. The number of thiol groups is 1.